The van der Waals surface area contributed by atoms with Gasteiger partial charge in [0, 0.05) is 24.3 Å². The van der Waals surface area contributed by atoms with Crippen molar-refractivity contribution in [2.24, 2.45) is 0 Å². The van der Waals surface area contributed by atoms with Gasteiger partial charge in [-0.25, -0.2) is 27.9 Å². The number of halogens is 1. The van der Waals surface area contributed by atoms with Crippen LogP contribution in [0.15, 0.2) is 50.5 Å². The summed E-state index contributed by atoms with van der Waals surface area (Å²) in [7, 11) is -3.88. The fraction of sp³-hybridized carbons (Fsp3) is 0.261. The van der Waals surface area contributed by atoms with E-state index >= 15 is 0 Å². The van der Waals surface area contributed by atoms with Crippen molar-refractivity contribution >= 4 is 54.5 Å². The van der Waals surface area contributed by atoms with Gasteiger partial charge >= 0.3 is 6.03 Å². The van der Waals surface area contributed by atoms with Gasteiger partial charge in [0.2, 0.25) is 0 Å². The molecule has 0 spiro atoms. The zero-order valence-electron chi connectivity index (χ0n) is 18.9. The first-order chi connectivity index (χ1) is 16.2. The number of hydrogen-bond acceptors (Lipinski definition) is 6. The lowest BCUT2D eigenvalue weighted by Gasteiger charge is -2.10. The van der Waals surface area contributed by atoms with Gasteiger partial charge in [0.15, 0.2) is 5.65 Å². The number of pyridine rings is 1. The standard InChI is InChI=1S/C23H24BrN5O3S2/c1-4-19-27-21-14(2)13-15(3)26-22(21)29(19)17-7-5-16(6-8-17)11-12-25-23(30)28-34(31,32)20-10-9-18(24)33-20/h5-10,13H,4,11-12H2,1-3H3,(H2,25,28,30). The van der Waals surface area contributed by atoms with Crippen LogP contribution in [0.25, 0.3) is 16.9 Å². The van der Waals surface area contributed by atoms with Crippen molar-refractivity contribution in [1.82, 2.24) is 24.6 Å². The molecule has 1 aromatic carbocycles. The van der Waals surface area contributed by atoms with Gasteiger partial charge in [-0.15, -0.1) is 11.3 Å². The topological polar surface area (TPSA) is 106 Å². The van der Waals surface area contributed by atoms with Crippen molar-refractivity contribution in [3.63, 3.8) is 0 Å². The Balaban J connectivity index is 1.42. The number of aromatic nitrogens is 3. The molecular formula is C23H24BrN5O3S2. The van der Waals surface area contributed by atoms with E-state index in [4.69, 9.17) is 9.97 Å². The Morgan fingerprint density at radius 3 is 2.50 bits per heavy atom. The Kier molecular flexibility index (Phi) is 7.06. The van der Waals surface area contributed by atoms with E-state index in [2.05, 4.69) is 32.7 Å². The quantitative estimate of drug-likeness (QED) is 0.341. The van der Waals surface area contributed by atoms with Gasteiger partial charge in [0.1, 0.15) is 15.6 Å². The van der Waals surface area contributed by atoms with Gasteiger partial charge < -0.3 is 5.32 Å². The van der Waals surface area contributed by atoms with Crippen LogP contribution in [-0.2, 0) is 22.9 Å². The predicted octanol–water partition coefficient (Wildman–Crippen LogP) is 4.65. The lowest BCUT2D eigenvalue weighted by molar-refractivity contribution is 0.246. The molecule has 0 aliphatic carbocycles. The van der Waals surface area contributed by atoms with Gasteiger partial charge in [-0.2, -0.15) is 0 Å². The highest BCUT2D eigenvalue weighted by molar-refractivity contribution is 9.11. The molecule has 0 saturated heterocycles. The number of benzene rings is 1. The number of aryl methyl sites for hydroxylation is 3. The second kappa shape index (κ2) is 9.85. The van der Waals surface area contributed by atoms with Crippen LogP contribution < -0.4 is 10.0 Å². The maximum atomic E-state index is 12.2. The van der Waals surface area contributed by atoms with Gasteiger partial charge in [0.05, 0.1) is 3.79 Å². The molecule has 4 rings (SSSR count). The first kappa shape index (κ1) is 24.4. The smallest absolute Gasteiger partial charge is 0.328 e. The second-order valence-electron chi connectivity index (χ2n) is 7.81. The van der Waals surface area contributed by atoms with Crippen LogP contribution in [0.5, 0.6) is 0 Å². The van der Waals surface area contributed by atoms with E-state index in [0.29, 0.717) is 16.8 Å². The van der Waals surface area contributed by atoms with Crippen molar-refractivity contribution < 1.29 is 13.2 Å². The zero-order valence-corrected chi connectivity index (χ0v) is 22.1. The number of imidazole rings is 1. The maximum absolute atomic E-state index is 12.2. The van der Waals surface area contributed by atoms with E-state index in [9.17, 15) is 13.2 Å². The molecule has 2 amide bonds. The number of urea groups is 1. The summed E-state index contributed by atoms with van der Waals surface area (Å²) in [6.45, 7) is 6.39. The Bertz CT molecular complexity index is 1460. The Morgan fingerprint density at radius 2 is 1.85 bits per heavy atom. The van der Waals surface area contributed by atoms with Crippen molar-refractivity contribution in [2.75, 3.05) is 6.54 Å². The molecule has 3 heterocycles. The lowest BCUT2D eigenvalue weighted by Crippen LogP contribution is -2.39. The molecule has 0 radical (unpaired) electrons. The van der Waals surface area contributed by atoms with E-state index in [-0.39, 0.29) is 4.21 Å². The van der Waals surface area contributed by atoms with E-state index in [1.165, 1.54) is 6.07 Å². The van der Waals surface area contributed by atoms with E-state index in [0.717, 1.165) is 57.3 Å². The molecule has 34 heavy (non-hydrogen) atoms. The molecule has 0 atom stereocenters. The summed E-state index contributed by atoms with van der Waals surface area (Å²) < 4.78 is 29.3. The highest BCUT2D eigenvalue weighted by atomic mass is 79.9. The van der Waals surface area contributed by atoms with Crippen molar-refractivity contribution in [3.05, 3.63) is 68.9 Å². The van der Waals surface area contributed by atoms with E-state index in [1.54, 1.807) is 6.07 Å². The molecule has 4 aromatic rings. The van der Waals surface area contributed by atoms with Gasteiger partial charge in [-0.3, -0.25) is 4.57 Å². The number of nitrogens with zero attached hydrogens (tertiary/aromatic N) is 3. The number of fused-ring (bicyclic) bond motifs is 1. The highest BCUT2D eigenvalue weighted by Gasteiger charge is 2.19. The molecule has 3 aromatic heterocycles. The number of amides is 2. The van der Waals surface area contributed by atoms with Crippen LogP contribution in [0.4, 0.5) is 4.79 Å². The third-order valence-corrected chi connectivity index (χ3v) is 8.70. The predicted molar refractivity (Wildman–Crippen MR) is 137 cm³/mol. The van der Waals surface area contributed by atoms with Gasteiger partial charge in [0.25, 0.3) is 10.0 Å². The summed E-state index contributed by atoms with van der Waals surface area (Å²) in [5, 5.41) is 2.60. The molecule has 0 bridgehead atoms. The first-order valence-electron chi connectivity index (χ1n) is 10.7. The fourth-order valence-corrected chi connectivity index (χ4v) is 6.64. The summed E-state index contributed by atoms with van der Waals surface area (Å²) in [4.78, 5) is 21.6. The Morgan fingerprint density at radius 1 is 1.12 bits per heavy atom. The first-order valence-corrected chi connectivity index (χ1v) is 13.8. The van der Waals surface area contributed by atoms with Crippen LogP contribution in [-0.4, -0.2) is 35.5 Å². The van der Waals surface area contributed by atoms with Crippen molar-refractivity contribution in [2.45, 2.75) is 37.8 Å². The molecule has 0 fully saturated rings. The molecule has 11 heteroatoms. The van der Waals surface area contributed by atoms with E-state index in [1.807, 2.05) is 48.9 Å². The molecule has 2 N–H and O–H groups in total. The number of sulfonamides is 1. The average Bonchev–Trinajstić information content (AvgIpc) is 3.38. The van der Waals surface area contributed by atoms with Crippen LogP contribution in [0.1, 0.15) is 29.6 Å². The number of thiophene rings is 1. The third kappa shape index (κ3) is 5.16. The number of carbonyl (C=O) groups is 1. The van der Waals surface area contributed by atoms with Crippen molar-refractivity contribution in [1.29, 1.82) is 0 Å². The van der Waals surface area contributed by atoms with Crippen LogP contribution in [0.2, 0.25) is 0 Å². The normalized spacial score (nSPS) is 11.6. The summed E-state index contributed by atoms with van der Waals surface area (Å²) in [6.07, 6.45) is 1.33. The number of carbonyl (C=O) groups excluding carboxylic acids is 1. The number of hydrogen-bond donors (Lipinski definition) is 2. The largest absolute Gasteiger partial charge is 0.337 e. The molecule has 0 aliphatic heterocycles. The minimum absolute atomic E-state index is 0.0727. The monoisotopic (exact) mass is 561 g/mol. The average molecular weight is 563 g/mol. The number of nitrogens with one attached hydrogen (secondary N) is 2. The zero-order chi connectivity index (χ0) is 24.5. The summed E-state index contributed by atoms with van der Waals surface area (Å²) in [5.41, 5.74) is 5.79. The highest BCUT2D eigenvalue weighted by Crippen LogP contribution is 2.26. The third-order valence-electron chi connectivity index (χ3n) is 5.25. The number of rotatable bonds is 7. The summed E-state index contributed by atoms with van der Waals surface area (Å²) >= 11 is 4.26. The van der Waals surface area contributed by atoms with Crippen molar-refractivity contribution in [3.8, 4) is 5.69 Å². The Hall–Kier alpha value is -2.76. The molecule has 8 nitrogen and oxygen atoms in total. The summed E-state index contributed by atoms with van der Waals surface area (Å²) in [6, 6.07) is 12.3. The second-order valence-corrected chi connectivity index (χ2v) is 12.2. The SMILES string of the molecule is CCc1nc2c(C)cc(C)nc2n1-c1ccc(CCNC(=O)NS(=O)(=O)c2ccc(Br)s2)cc1. The molecule has 0 saturated carbocycles. The molecule has 0 aliphatic rings. The lowest BCUT2D eigenvalue weighted by atomic mass is 10.1. The van der Waals surface area contributed by atoms with Crippen LogP contribution in [0, 0.1) is 13.8 Å². The summed E-state index contributed by atoms with van der Waals surface area (Å²) in [5.74, 6) is 0.946. The van der Waals surface area contributed by atoms with Gasteiger partial charge in [-0.05, 0) is 77.7 Å². The minimum Gasteiger partial charge on any atom is -0.337 e. The Labute approximate surface area is 210 Å². The maximum Gasteiger partial charge on any atom is 0.328 e. The van der Waals surface area contributed by atoms with Crippen LogP contribution in [0.3, 0.4) is 0 Å². The molecule has 0 unspecified atom stereocenters. The fourth-order valence-electron chi connectivity index (χ4n) is 3.70. The molecule has 178 valence electrons. The van der Waals surface area contributed by atoms with Crippen LogP contribution >= 0.6 is 27.3 Å². The molecular weight excluding hydrogens is 538 g/mol. The van der Waals surface area contributed by atoms with E-state index < -0.39 is 16.1 Å². The van der Waals surface area contributed by atoms with Gasteiger partial charge in [-0.1, -0.05) is 19.1 Å². The minimum atomic E-state index is -3.88.